The van der Waals surface area contributed by atoms with E-state index in [0.717, 1.165) is 38.5 Å². The molecule has 0 aromatic carbocycles. The van der Waals surface area contributed by atoms with Crippen molar-refractivity contribution in [1.29, 1.82) is 0 Å². The molecule has 0 unspecified atom stereocenters. The molecule has 0 atom stereocenters. The van der Waals surface area contributed by atoms with Crippen LogP contribution in [-0.4, -0.2) is 44.0 Å². The molecule has 0 aromatic rings. The van der Waals surface area contributed by atoms with Gasteiger partial charge < -0.3 is 4.74 Å². The Labute approximate surface area is 196 Å². The minimum absolute atomic E-state index is 0.113. The fourth-order valence-electron chi connectivity index (χ4n) is 4.03. The van der Waals surface area contributed by atoms with Gasteiger partial charge in [-0.05, 0) is 0 Å². The zero-order chi connectivity index (χ0) is 23.2. The van der Waals surface area contributed by atoms with Gasteiger partial charge in [0.1, 0.15) is 0 Å². The molecule has 0 aliphatic carbocycles. The van der Waals surface area contributed by atoms with Gasteiger partial charge in [-0.2, -0.15) is 0 Å². The van der Waals surface area contributed by atoms with Gasteiger partial charge in [0, 0.05) is 6.42 Å². The van der Waals surface area contributed by atoms with Crippen LogP contribution in [0.5, 0.6) is 0 Å². The predicted octanol–water partition coefficient (Wildman–Crippen LogP) is 7.77. The Bertz CT molecular complexity index is 454. The van der Waals surface area contributed by atoms with Crippen LogP contribution in [0.15, 0.2) is 10.2 Å². The Morgan fingerprint density at radius 2 is 1.19 bits per heavy atom. The summed E-state index contributed by atoms with van der Waals surface area (Å²) in [5.41, 5.74) is 0. The van der Waals surface area contributed by atoms with Crippen molar-refractivity contribution < 1.29 is 19.1 Å². The van der Waals surface area contributed by atoms with Crippen LogP contribution >= 0.6 is 0 Å². The van der Waals surface area contributed by atoms with Gasteiger partial charge in [-0.15, -0.1) is 0 Å². The maximum atomic E-state index is 12.3. The van der Waals surface area contributed by atoms with E-state index in [1.54, 1.807) is 6.08 Å². The zero-order valence-electron chi connectivity index (χ0n) is 21.0. The molecule has 0 N–H and O–H groups in total. The molecule has 0 spiro atoms. The Morgan fingerprint density at radius 1 is 0.710 bits per heavy atom. The molecule has 5 heteroatoms. The molecule has 0 aliphatic rings. The molecule has 0 bridgehead atoms. The molecule has 4 nitrogen and oxygen atoms in total. The van der Waals surface area contributed by atoms with Crippen molar-refractivity contribution in [2.24, 2.45) is 0 Å². The summed E-state index contributed by atoms with van der Waals surface area (Å²) < 4.78 is 16.7. The van der Waals surface area contributed by atoms with Crippen LogP contribution in [0, 0.1) is 0 Å². The number of methoxy groups -OCH3 is 1. The molecule has 0 heterocycles. The first kappa shape index (κ1) is 30.5. The fraction of sp³-hybridized carbons (Fsp3) is 0.846. The van der Waals surface area contributed by atoms with Gasteiger partial charge in [0.05, 0.1) is 7.11 Å². The van der Waals surface area contributed by atoms with E-state index >= 15 is 0 Å². The molecule has 0 aliphatic heterocycles. The van der Waals surface area contributed by atoms with Gasteiger partial charge in [0.2, 0.25) is 0 Å². The summed E-state index contributed by atoms with van der Waals surface area (Å²) in [7, 11) is 1.44. The Balaban J connectivity index is 4.16. The average molecular weight is 545 g/mol. The fourth-order valence-corrected chi connectivity index (χ4v) is 18.1. The Kier molecular flexibility index (Phi) is 21.0. The number of esters is 2. The van der Waals surface area contributed by atoms with Crippen molar-refractivity contribution >= 4 is 30.3 Å². The first-order chi connectivity index (χ1) is 15.0. The standard InChI is InChI=1S/C14H23O4.3C4H9.Sn/c1-3-13(15)18-12-10-8-6-4-5-7-9-11-14(16)17-2;3*1-3-4-2;/h1,3H,4-12H2,2H3;3*1,3-4H2,2H3;. The number of ether oxygens (including phenoxy) is 2. The molecule has 0 rings (SSSR count). The number of carbonyl (C=O) groups excluding carboxylic acids is 2. The minimum atomic E-state index is -2.38. The van der Waals surface area contributed by atoms with Gasteiger partial charge in [-0.25, -0.2) is 0 Å². The number of rotatable bonds is 21. The SMILES string of the molecule is CCC[CH2][Sn](/[CH]=C/C(=O)OCCCCCCCCCC(=O)OC)([CH2]CCC)[CH2]CCC. The summed E-state index contributed by atoms with van der Waals surface area (Å²) in [4.78, 5) is 23.3. The molecule has 0 saturated carbocycles. The normalized spacial score (nSPS) is 11.7. The van der Waals surface area contributed by atoms with E-state index in [-0.39, 0.29) is 11.9 Å². The summed E-state index contributed by atoms with van der Waals surface area (Å²) >= 11 is -2.38. The van der Waals surface area contributed by atoms with Gasteiger partial charge in [-0.1, -0.05) is 0 Å². The third-order valence-electron chi connectivity index (χ3n) is 6.15. The number of carbonyl (C=O) groups is 2. The third kappa shape index (κ3) is 17.7. The van der Waals surface area contributed by atoms with E-state index < -0.39 is 18.4 Å². The maximum absolute atomic E-state index is 12.3. The quantitative estimate of drug-likeness (QED) is 0.0640. The van der Waals surface area contributed by atoms with Gasteiger partial charge in [0.25, 0.3) is 0 Å². The topological polar surface area (TPSA) is 52.6 Å². The van der Waals surface area contributed by atoms with E-state index in [2.05, 4.69) is 29.6 Å². The first-order valence-electron chi connectivity index (χ1n) is 13.0. The van der Waals surface area contributed by atoms with Crippen LogP contribution in [0.2, 0.25) is 13.3 Å². The second kappa shape index (κ2) is 21.3. The van der Waals surface area contributed by atoms with Crippen molar-refractivity contribution in [2.75, 3.05) is 13.7 Å². The number of unbranched alkanes of at least 4 members (excludes halogenated alkanes) is 9. The predicted molar refractivity (Wildman–Crippen MR) is 134 cm³/mol. The van der Waals surface area contributed by atoms with E-state index in [1.807, 2.05) is 0 Å². The molecule has 182 valence electrons. The van der Waals surface area contributed by atoms with Crippen molar-refractivity contribution in [3.63, 3.8) is 0 Å². The zero-order valence-corrected chi connectivity index (χ0v) is 23.9. The van der Waals surface area contributed by atoms with Crippen LogP contribution in [-0.2, 0) is 19.1 Å². The monoisotopic (exact) mass is 546 g/mol. The molecule has 0 aromatic heterocycles. The summed E-state index contributed by atoms with van der Waals surface area (Å²) in [6, 6.07) is 0. The molecule has 31 heavy (non-hydrogen) atoms. The van der Waals surface area contributed by atoms with Crippen LogP contribution < -0.4 is 0 Å². The van der Waals surface area contributed by atoms with Gasteiger partial charge >= 0.3 is 174 Å². The van der Waals surface area contributed by atoms with Gasteiger partial charge in [0.15, 0.2) is 0 Å². The molecule has 0 fully saturated rings. The summed E-state index contributed by atoms with van der Waals surface area (Å²) in [6.07, 6.45) is 17.5. The average Bonchev–Trinajstić information content (AvgIpc) is 2.79. The van der Waals surface area contributed by atoms with Gasteiger partial charge in [-0.3, -0.25) is 4.79 Å². The van der Waals surface area contributed by atoms with Crippen molar-refractivity contribution in [3.8, 4) is 0 Å². The van der Waals surface area contributed by atoms with E-state index in [4.69, 9.17) is 4.74 Å². The molecular weight excluding hydrogens is 495 g/mol. The van der Waals surface area contributed by atoms with Crippen molar-refractivity contribution in [2.45, 2.75) is 124 Å². The van der Waals surface area contributed by atoms with E-state index in [9.17, 15) is 9.59 Å². The summed E-state index contributed by atoms with van der Waals surface area (Å²) in [5, 5.41) is 0. The Hall–Kier alpha value is -0.521. The Morgan fingerprint density at radius 3 is 1.68 bits per heavy atom. The van der Waals surface area contributed by atoms with Crippen molar-refractivity contribution in [1.82, 2.24) is 0 Å². The summed E-state index contributed by atoms with van der Waals surface area (Å²) in [5.74, 6) is -0.244. The molecule has 0 amide bonds. The third-order valence-corrected chi connectivity index (χ3v) is 20.2. The van der Waals surface area contributed by atoms with Crippen LogP contribution in [0.3, 0.4) is 0 Å². The number of hydrogen-bond donors (Lipinski definition) is 0. The number of hydrogen-bond acceptors (Lipinski definition) is 4. The van der Waals surface area contributed by atoms with Crippen LogP contribution in [0.4, 0.5) is 0 Å². The molecule has 0 saturated heterocycles. The van der Waals surface area contributed by atoms with Crippen LogP contribution in [0.25, 0.3) is 0 Å². The first-order valence-corrected chi connectivity index (χ1v) is 20.7. The second-order valence-electron chi connectivity index (χ2n) is 8.97. The van der Waals surface area contributed by atoms with E-state index in [0.29, 0.717) is 13.0 Å². The van der Waals surface area contributed by atoms with E-state index in [1.165, 1.54) is 65.4 Å². The second-order valence-corrected chi connectivity index (χ2v) is 22.0. The van der Waals surface area contributed by atoms with Crippen LogP contribution in [0.1, 0.15) is 111 Å². The molecule has 0 radical (unpaired) electrons. The summed E-state index contributed by atoms with van der Waals surface area (Å²) in [6.45, 7) is 7.36. The van der Waals surface area contributed by atoms with Crippen molar-refractivity contribution in [3.05, 3.63) is 10.2 Å². The molecular formula is C26H50O4Sn.